The second kappa shape index (κ2) is 7.49. The van der Waals surface area contributed by atoms with E-state index < -0.39 is 0 Å². The number of aromatic nitrogens is 2. The first kappa shape index (κ1) is 17.0. The molecule has 0 N–H and O–H groups in total. The van der Waals surface area contributed by atoms with E-state index >= 15 is 0 Å². The first-order valence-corrected chi connectivity index (χ1v) is 10.8. The lowest BCUT2D eigenvalue weighted by Crippen LogP contribution is -2.37. The monoisotopic (exact) mass is 364 g/mol. The van der Waals surface area contributed by atoms with E-state index in [1.54, 1.807) is 0 Å². The van der Waals surface area contributed by atoms with Crippen molar-refractivity contribution < 1.29 is 9.13 Å². The molecule has 5 rings (SSSR count). The summed E-state index contributed by atoms with van der Waals surface area (Å²) in [6.07, 6.45) is 15.8. The Morgan fingerprint density at radius 1 is 0.630 bits per heavy atom. The standard InChI is InChI=1S/C23H32N4/c1-2-10-26(9-1)22-5-13-24(14-6-22)18-20-17-21(20)19-25-15-7-23(8-16-25)27-11-3-4-12-27/h5-8,13-16,20-21H,1-4,9-12,17-19H2/q+2/t20-,21-/m1/s1. The van der Waals surface area contributed by atoms with E-state index in [0.717, 1.165) is 24.9 Å². The summed E-state index contributed by atoms with van der Waals surface area (Å²) in [5.41, 5.74) is 2.79. The van der Waals surface area contributed by atoms with E-state index in [2.05, 4.69) is 68.0 Å². The Morgan fingerprint density at radius 2 is 1.00 bits per heavy atom. The van der Waals surface area contributed by atoms with Gasteiger partial charge in [0, 0.05) is 73.7 Å². The van der Waals surface area contributed by atoms with Crippen molar-refractivity contribution in [1.82, 2.24) is 0 Å². The predicted octanol–water partition coefficient (Wildman–Crippen LogP) is 2.80. The van der Waals surface area contributed by atoms with Gasteiger partial charge in [-0.05, 0) is 32.1 Å². The summed E-state index contributed by atoms with van der Waals surface area (Å²) in [6.45, 7) is 7.23. The van der Waals surface area contributed by atoms with Crippen molar-refractivity contribution in [3.8, 4) is 0 Å². The summed E-state index contributed by atoms with van der Waals surface area (Å²) in [6, 6.07) is 9.20. The molecule has 3 fully saturated rings. The minimum atomic E-state index is 0.832. The molecular weight excluding hydrogens is 332 g/mol. The predicted molar refractivity (Wildman–Crippen MR) is 108 cm³/mol. The van der Waals surface area contributed by atoms with Gasteiger partial charge in [-0.1, -0.05) is 0 Å². The SMILES string of the molecule is c1c[n+](C[C@H]2C[C@@H]2C[n+]2ccc(N3CCCC3)cc2)ccc1N1CCCC1. The molecule has 4 nitrogen and oxygen atoms in total. The molecule has 0 spiro atoms. The maximum atomic E-state index is 2.51. The minimum Gasteiger partial charge on any atom is -0.371 e. The minimum absolute atomic E-state index is 0.832. The maximum absolute atomic E-state index is 2.51. The van der Waals surface area contributed by atoms with Crippen LogP contribution in [-0.2, 0) is 13.1 Å². The molecule has 4 heteroatoms. The summed E-state index contributed by atoms with van der Waals surface area (Å²) in [5, 5.41) is 0. The van der Waals surface area contributed by atoms with Gasteiger partial charge in [-0.2, -0.15) is 0 Å². The molecule has 2 saturated heterocycles. The van der Waals surface area contributed by atoms with E-state index in [4.69, 9.17) is 0 Å². The summed E-state index contributed by atoms with van der Waals surface area (Å²) in [7, 11) is 0. The first-order chi connectivity index (χ1) is 13.3. The molecule has 142 valence electrons. The van der Waals surface area contributed by atoms with Gasteiger partial charge < -0.3 is 9.80 Å². The van der Waals surface area contributed by atoms with Gasteiger partial charge in [-0.15, -0.1) is 0 Å². The number of anilines is 2. The van der Waals surface area contributed by atoms with Crippen LogP contribution in [0.2, 0.25) is 0 Å². The summed E-state index contributed by atoms with van der Waals surface area (Å²) >= 11 is 0. The largest absolute Gasteiger partial charge is 0.371 e. The Morgan fingerprint density at radius 3 is 1.37 bits per heavy atom. The van der Waals surface area contributed by atoms with Gasteiger partial charge in [-0.25, -0.2) is 9.13 Å². The highest BCUT2D eigenvalue weighted by Gasteiger charge is 2.42. The zero-order valence-corrected chi connectivity index (χ0v) is 16.3. The number of hydrogen-bond donors (Lipinski definition) is 0. The average molecular weight is 365 g/mol. The van der Waals surface area contributed by atoms with Crippen LogP contribution in [0.15, 0.2) is 49.1 Å². The van der Waals surface area contributed by atoms with E-state index in [-0.39, 0.29) is 0 Å². The molecule has 0 unspecified atom stereocenters. The van der Waals surface area contributed by atoms with Crippen molar-refractivity contribution >= 4 is 11.4 Å². The number of hydrogen-bond acceptors (Lipinski definition) is 2. The van der Waals surface area contributed by atoms with Crippen LogP contribution >= 0.6 is 0 Å². The van der Waals surface area contributed by atoms with Crippen molar-refractivity contribution in [2.24, 2.45) is 11.8 Å². The molecule has 2 atom stereocenters. The van der Waals surface area contributed by atoms with Crippen LogP contribution in [0.25, 0.3) is 0 Å². The fourth-order valence-electron chi connectivity index (χ4n) is 4.81. The number of nitrogens with zero attached hydrogens (tertiary/aromatic N) is 4. The fourth-order valence-corrected chi connectivity index (χ4v) is 4.81. The van der Waals surface area contributed by atoms with E-state index in [1.165, 1.54) is 69.7 Å². The highest BCUT2D eigenvalue weighted by molar-refractivity contribution is 5.45. The third kappa shape index (κ3) is 3.95. The van der Waals surface area contributed by atoms with Crippen LogP contribution in [0.1, 0.15) is 32.1 Å². The van der Waals surface area contributed by atoms with Gasteiger partial charge in [0.05, 0.1) is 0 Å². The molecule has 2 aliphatic heterocycles. The maximum Gasteiger partial charge on any atom is 0.170 e. The van der Waals surface area contributed by atoms with E-state index in [1.807, 2.05) is 0 Å². The lowest BCUT2D eigenvalue weighted by Gasteiger charge is -2.16. The molecule has 0 aromatic carbocycles. The summed E-state index contributed by atoms with van der Waals surface area (Å²) in [5.74, 6) is 1.66. The van der Waals surface area contributed by atoms with Gasteiger partial charge in [0.15, 0.2) is 37.9 Å². The van der Waals surface area contributed by atoms with Crippen molar-refractivity contribution in [2.75, 3.05) is 36.0 Å². The average Bonchev–Trinajstić information content (AvgIpc) is 3.16. The molecule has 3 aliphatic rings. The van der Waals surface area contributed by atoms with Crippen molar-refractivity contribution in [3.63, 3.8) is 0 Å². The van der Waals surface area contributed by atoms with Gasteiger partial charge in [-0.3, -0.25) is 0 Å². The van der Waals surface area contributed by atoms with Crippen LogP contribution in [0.5, 0.6) is 0 Å². The van der Waals surface area contributed by atoms with Crippen LogP contribution < -0.4 is 18.9 Å². The van der Waals surface area contributed by atoms with E-state index in [9.17, 15) is 0 Å². The van der Waals surface area contributed by atoms with Gasteiger partial charge in [0.25, 0.3) is 0 Å². The summed E-state index contributed by atoms with van der Waals surface area (Å²) in [4.78, 5) is 5.01. The number of pyridine rings is 2. The molecular formula is C23H32N4+2. The molecule has 2 aromatic heterocycles. The van der Waals surface area contributed by atoms with Gasteiger partial charge in [0.1, 0.15) is 0 Å². The fraction of sp³-hybridized carbons (Fsp3) is 0.565. The Labute approximate surface area is 163 Å². The quantitative estimate of drug-likeness (QED) is 0.732. The lowest BCUT2D eigenvalue weighted by atomic mass is 10.3. The Balaban J connectivity index is 1.12. The molecule has 0 amide bonds. The third-order valence-corrected chi connectivity index (χ3v) is 6.65. The normalized spacial score (nSPS) is 24.6. The van der Waals surface area contributed by atoms with E-state index in [0.29, 0.717) is 0 Å². The molecule has 2 aromatic rings. The molecule has 27 heavy (non-hydrogen) atoms. The zero-order chi connectivity index (χ0) is 18.1. The molecule has 0 radical (unpaired) electrons. The lowest BCUT2D eigenvalue weighted by molar-refractivity contribution is -0.709. The third-order valence-electron chi connectivity index (χ3n) is 6.65. The van der Waals surface area contributed by atoms with Crippen molar-refractivity contribution in [3.05, 3.63) is 49.1 Å². The summed E-state index contributed by atoms with van der Waals surface area (Å²) < 4.78 is 4.76. The Kier molecular flexibility index (Phi) is 4.73. The molecule has 0 bridgehead atoms. The Hall–Kier alpha value is -2.10. The molecule has 1 saturated carbocycles. The van der Waals surface area contributed by atoms with Crippen LogP contribution in [-0.4, -0.2) is 26.2 Å². The van der Waals surface area contributed by atoms with Crippen LogP contribution in [0, 0.1) is 11.8 Å². The highest BCUT2D eigenvalue weighted by Crippen LogP contribution is 2.38. The van der Waals surface area contributed by atoms with Gasteiger partial charge >= 0.3 is 0 Å². The second-order valence-corrected chi connectivity index (χ2v) is 8.65. The van der Waals surface area contributed by atoms with Crippen molar-refractivity contribution in [2.45, 2.75) is 45.2 Å². The highest BCUT2D eigenvalue weighted by atomic mass is 15.2. The molecule has 4 heterocycles. The Bertz CT molecular complexity index is 677. The topological polar surface area (TPSA) is 14.2 Å². The number of rotatable bonds is 6. The zero-order valence-electron chi connectivity index (χ0n) is 16.3. The second-order valence-electron chi connectivity index (χ2n) is 8.65. The molecule has 1 aliphatic carbocycles. The van der Waals surface area contributed by atoms with Crippen LogP contribution in [0.3, 0.4) is 0 Å². The van der Waals surface area contributed by atoms with Crippen molar-refractivity contribution in [1.29, 1.82) is 0 Å². The van der Waals surface area contributed by atoms with Gasteiger partial charge in [0.2, 0.25) is 0 Å². The first-order valence-electron chi connectivity index (χ1n) is 10.8. The smallest absolute Gasteiger partial charge is 0.170 e. The van der Waals surface area contributed by atoms with Crippen LogP contribution in [0.4, 0.5) is 11.4 Å².